The van der Waals surface area contributed by atoms with Crippen molar-refractivity contribution in [2.75, 3.05) is 33.4 Å². The van der Waals surface area contributed by atoms with E-state index in [4.69, 9.17) is 9.47 Å². The van der Waals surface area contributed by atoms with Crippen LogP contribution < -0.4 is 10.1 Å². The molecule has 0 saturated carbocycles. The molecule has 5 nitrogen and oxygen atoms in total. The summed E-state index contributed by atoms with van der Waals surface area (Å²) in [7, 11) is 1.67. The van der Waals surface area contributed by atoms with E-state index in [1.54, 1.807) is 7.11 Å². The predicted octanol–water partition coefficient (Wildman–Crippen LogP) is 2.37. The first-order chi connectivity index (χ1) is 11.7. The molecule has 1 aromatic rings. The van der Waals surface area contributed by atoms with Crippen molar-refractivity contribution in [3.05, 3.63) is 29.8 Å². The van der Waals surface area contributed by atoms with Crippen LogP contribution in [0.3, 0.4) is 0 Å². The fourth-order valence-electron chi connectivity index (χ4n) is 3.65. The van der Waals surface area contributed by atoms with Crippen LogP contribution in [-0.4, -0.2) is 50.3 Å². The number of amides is 1. The van der Waals surface area contributed by atoms with Crippen molar-refractivity contribution in [3.63, 3.8) is 0 Å². The van der Waals surface area contributed by atoms with Crippen molar-refractivity contribution in [1.82, 2.24) is 10.2 Å². The number of benzene rings is 1. The summed E-state index contributed by atoms with van der Waals surface area (Å²) in [5, 5.41) is 3.27. The smallest absolute Gasteiger partial charge is 0.226 e. The third-order valence-electron chi connectivity index (χ3n) is 5.19. The minimum atomic E-state index is -0.0377. The molecule has 2 saturated heterocycles. The summed E-state index contributed by atoms with van der Waals surface area (Å²) in [4.78, 5) is 15.1. The zero-order chi connectivity index (χ0) is 16.9. The van der Waals surface area contributed by atoms with Gasteiger partial charge in [0.15, 0.2) is 0 Å². The highest BCUT2D eigenvalue weighted by molar-refractivity contribution is 5.80. The second-order valence-corrected chi connectivity index (χ2v) is 6.81. The number of likely N-dealkylation sites (tertiary alicyclic amines) is 1. The number of ether oxygens (including phenoxy) is 2. The highest BCUT2D eigenvalue weighted by Gasteiger charge is 2.32. The highest BCUT2D eigenvalue weighted by Crippen LogP contribution is 2.24. The lowest BCUT2D eigenvalue weighted by Crippen LogP contribution is -2.41. The number of carbonyl (C=O) groups is 1. The maximum Gasteiger partial charge on any atom is 0.226 e. The summed E-state index contributed by atoms with van der Waals surface area (Å²) in [6.07, 6.45) is 3.31. The van der Waals surface area contributed by atoms with Gasteiger partial charge in [0.05, 0.1) is 25.2 Å². The minimum absolute atomic E-state index is 0.00769. The number of hydrogen-bond acceptors (Lipinski definition) is 4. The van der Waals surface area contributed by atoms with Crippen molar-refractivity contribution in [1.29, 1.82) is 0 Å². The summed E-state index contributed by atoms with van der Waals surface area (Å²) in [5.41, 5.74) is 1.13. The molecule has 2 aliphatic rings. The fourth-order valence-corrected chi connectivity index (χ4v) is 3.65. The van der Waals surface area contributed by atoms with Gasteiger partial charge in [-0.25, -0.2) is 0 Å². The van der Waals surface area contributed by atoms with Gasteiger partial charge in [0.1, 0.15) is 5.75 Å². The Morgan fingerprint density at radius 1 is 1.33 bits per heavy atom. The lowest BCUT2D eigenvalue weighted by atomic mass is 9.99. The summed E-state index contributed by atoms with van der Waals surface area (Å²) < 4.78 is 10.8. The van der Waals surface area contributed by atoms with Crippen LogP contribution in [0.1, 0.15) is 37.8 Å². The largest absolute Gasteiger partial charge is 0.497 e. The molecular formula is C19H28N2O3. The average Bonchev–Trinajstić information content (AvgIpc) is 3.26. The molecule has 1 N–H and O–H groups in total. The Bertz CT molecular complexity index is 540. The maximum atomic E-state index is 12.7. The van der Waals surface area contributed by atoms with Crippen LogP contribution >= 0.6 is 0 Å². The zero-order valence-corrected chi connectivity index (χ0v) is 14.7. The normalized spacial score (nSPS) is 25.6. The van der Waals surface area contributed by atoms with Gasteiger partial charge in [-0.2, -0.15) is 0 Å². The molecule has 0 aromatic heterocycles. The standard InChI is InChI=1S/C19H28N2O3/c1-14-17(9-12-24-14)19(22)20-18(13-21-10-3-4-11-21)15-5-7-16(23-2)8-6-15/h5-8,14,17-18H,3-4,9-13H2,1-2H3,(H,20,22)/t14-,17-,18-/m0/s1. The third-order valence-corrected chi connectivity index (χ3v) is 5.19. The van der Waals surface area contributed by atoms with Crippen LogP contribution in [0.4, 0.5) is 0 Å². The highest BCUT2D eigenvalue weighted by atomic mass is 16.5. The van der Waals surface area contributed by atoms with E-state index in [2.05, 4.69) is 22.3 Å². The Morgan fingerprint density at radius 3 is 2.62 bits per heavy atom. The van der Waals surface area contributed by atoms with E-state index < -0.39 is 0 Å². The van der Waals surface area contributed by atoms with Crippen molar-refractivity contribution < 1.29 is 14.3 Å². The molecular weight excluding hydrogens is 304 g/mol. The first kappa shape index (κ1) is 17.2. The van der Waals surface area contributed by atoms with Crippen LogP contribution in [0.2, 0.25) is 0 Å². The van der Waals surface area contributed by atoms with E-state index in [0.29, 0.717) is 6.61 Å². The van der Waals surface area contributed by atoms with E-state index in [-0.39, 0.29) is 24.0 Å². The van der Waals surface area contributed by atoms with Gasteiger partial charge < -0.3 is 19.7 Å². The van der Waals surface area contributed by atoms with Gasteiger partial charge >= 0.3 is 0 Å². The second-order valence-electron chi connectivity index (χ2n) is 6.81. The second kappa shape index (κ2) is 7.99. The number of carbonyl (C=O) groups excluding carboxylic acids is 1. The van der Waals surface area contributed by atoms with Gasteiger partial charge in [0.25, 0.3) is 0 Å². The monoisotopic (exact) mass is 332 g/mol. The molecule has 1 aromatic carbocycles. The molecule has 3 atom stereocenters. The summed E-state index contributed by atoms with van der Waals surface area (Å²) >= 11 is 0. The number of hydrogen-bond donors (Lipinski definition) is 1. The Morgan fingerprint density at radius 2 is 2.04 bits per heavy atom. The van der Waals surface area contributed by atoms with Gasteiger partial charge in [0.2, 0.25) is 5.91 Å². The van der Waals surface area contributed by atoms with E-state index in [1.165, 1.54) is 12.8 Å². The van der Waals surface area contributed by atoms with Crippen molar-refractivity contribution >= 4 is 5.91 Å². The van der Waals surface area contributed by atoms with Gasteiger partial charge in [0, 0.05) is 13.2 Å². The van der Waals surface area contributed by atoms with Crippen LogP contribution in [0, 0.1) is 5.92 Å². The van der Waals surface area contributed by atoms with Crippen LogP contribution in [0.5, 0.6) is 5.75 Å². The third kappa shape index (κ3) is 4.08. The molecule has 0 aliphatic carbocycles. The summed E-state index contributed by atoms with van der Waals surface area (Å²) in [6, 6.07) is 8.02. The maximum absolute atomic E-state index is 12.7. The molecule has 2 heterocycles. The molecule has 0 bridgehead atoms. The van der Waals surface area contributed by atoms with Crippen LogP contribution in [0.15, 0.2) is 24.3 Å². The Labute approximate surface area is 144 Å². The molecule has 2 aliphatic heterocycles. The Kier molecular flexibility index (Phi) is 5.74. The quantitative estimate of drug-likeness (QED) is 0.869. The molecule has 1 amide bonds. The van der Waals surface area contributed by atoms with E-state index >= 15 is 0 Å². The van der Waals surface area contributed by atoms with Gasteiger partial charge in [-0.1, -0.05) is 12.1 Å². The molecule has 0 unspecified atom stereocenters. The van der Waals surface area contributed by atoms with Gasteiger partial charge in [-0.15, -0.1) is 0 Å². The lowest BCUT2D eigenvalue weighted by molar-refractivity contribution is -0.127. The zero-order valence-electron chi connectivity index (χ0n) is 14.7. The topological polar surface area (TPSA) is 50.8 Å². The fraction of sp³-hybridized carbons (Fsp3) is 0.632. The number of methoxy groups -OCH3 is 1. The van der Waals surface area contributed by atoms with Gasteiger partial charge in [-0.3, -0.25) is 4.79 Å². The Hall–Kier alpha value is -1.59. The van der Waals surface area contributed by atoms with Crippen molar-refractivity contribution in [2.45, 2.75) is 38.3 Å². The molecule has 24 heavy (non-hydrogen) atoms. The predicted molar refractivity (Wildman–Crippen MR) is 93.1 cm³/mol. The average molecular weight is 332 g/mol. The molecule has 0 spiro atoms. The van der Waals surface area contributed by atoms with E-state index in [0.717, 1.165) is 37.4 Å². The van der Waals surface area contributed by atoms with Gasteiger partial charge in [-0.05, 0) is 57.0 Å². The number of nitrogens with one attached hydrogen (secondary N) is 1. The molecule has 5 heteroatoms. The molecule has 0 radical (unpaired) electrons. The van der Waals surface area contributed by atoms with Crippen LogP contribution in [0.25, 0.3) is 0 Å². The molecule has 3 rings (SSSR count). The lowest BCUT2D eigenvalue weighted by Gasteiger charge is -2.26. The van der Waals surface area contributed by atoms with Crippen molar-refractivity contribution in [3.8, 4) is 5.75 Å². The van der Waals surface area contributed by atoms with Crippen LogP contribution in [-0.2, 0) is 9.53 Å². The molecule has 2 fully saturated rings. The first-order valence-electron chi connectivity index (χ1n) is 8.95. The summed E-state index contributed by atoms with van der Waals surface area (Å²) in [5.74, 6) is 0.909. The number of nitrogens with zero attached hydrogens (tertiary/aromatic N) is 1. The Balaban J connectivity index is 1.71. The molecule has 132 valence electrons. The van der Waals surface area contributed by atoms with E-state index in [9.17, 15) is 4.79 Å². The SMILES string of the molecule is COc1ccc([C@H](CN2CCCC2)NC(=O)[C@H]2CCO[C@H]2C)cc1. The van der Waals surface area contributed by atoms with E-state index in [1.807, 2.05) is 19.1 Å². The summed E-state index contributed by atoms with van der Waals surface area (Å²) in [6.45, 7) is 5.76. The minimum Gasteiger partial charge on any atom is -0.497 e. The van der Waals surface area contributed by atoms with Crippen molar-refractivity contribution in [2.24, 2.45) is 5.92 Å². The first-order valence-corrected chi connectivity index (χ1v) is 8.95. The number of rotatable bonds is 6.